The van der Waals surface area contributed by atoms with Crippen LogP contribution in [0.25, 0.3) is 0 Å². The largest absolute Gasteiger partial charge is 0.481 e. The van der Waals surface area contributed by atoms with Gasteiger partial charge in [-0.25, -0.2) is 4.79 Å². The number of aliphatic carboxylic acids is 4. The monoisotopic (exact) mass is 972 g/mol. The summed E-state index contributed by atoms with van der Waals surface area (Å²) in [6.07, 6.45) is 16.1. The third kappa shape index (κ3) is 38.2. The Morgan fingerprint density at radius 1 is 0.456 bits per heavy atom. The number of hydrogen-bond donors (Lipinski definition) is 7. The molecule has 0 aliphatic carbocycles. The number of rotatable bonds is 48. The fourth-order valence-corrected chi connectivity index (χ4v) is 7.32. The summed E-state index contributed by atoms with van der Waals surface area (Å²) in [6.45, 7) is 3.61. The second-order valence-corrected chi connectivity index (χ2v) is 17.8. The molecule has 0 saturated carbocycles. The summed E-state index contributed by atoms with van der Waals surface area (Å²) < 4.78 is 10.6. The van der Waals surface area contributed by atoms with Gasteiger partial charge in [-0.05, 0) is 51.9 Å². The number of nitrogens with one attached hydrogen (secondary N) is 3. The normalized spacial score (nSPS) is 12.9. The molecule has 392 valence electrons. The van der Waals surface area contributed by atoms with E-state index >= 15 is 0 Å². The Hall–Kier alpha value is -4.78. The molecule has 4 atom stereocenters. The van der Waals surface area contributed by atoms with Crippen molar-refractivity contribution in [3.8, 4) is 0 Å². The molecular weight excluding hydrogens is 887 g/mol. The lowest BCUT2D eigenvalue weighted by atomic mass is 9.94. The van der Waals surface area contributed by atoms with E-state index in [4.69, 9.17) is 14.6 Å². The van der Waals surface area contributed by atoms with Gasteiger partial charge in [0.25, 0.3) is 0 Å². The Kier molecular flexibility index (Phi) is 38.3. The fourth-order valence-electron chi connectivity index (χ4n) is 7.32. The van der Waals surface area contributed by atoms with Crippen LogP contribution in [0.5, 0.6) is 0 Å². The molecule has 0 saturated heterocycles. The van der Waals surface area contributed by atoms with Gasteiger partial charge in [-0.15, -0.1) is 0 Å². The lowest BCUT2D eigenvalue weighted by Crippen LogP contribution is -2.42. The van der Waals surface area contributed by atoms with Gasteiger partial charge in [0.05, 0.1) is 31.7 Å². The summed E-state index contributed by atoms with van der Waals surface area (Å²) in [5, 5.41) is 45.0. The van der Waals surface area contributed by atoms with Crippen molar-refractivity contribution in [2.24, 2.45) is 17.8 Å². The van der Waals surface area contributed by atoms with Crippen molar-refractivity contribution in [3.05, 3.63) is 0 Å². The average molecular weight is 972 g/mol. The molecule has 0 radical (unpaired) electrons. The van der Waals surface area contributed by atoms with E-state index in [-0.39, 0.29) is 103 Å². The quantitative estimate of drug-likeness (QED) is 0.0322. The molecule has 0 unspecified atom stereocenters. The molecule has 0 aromatic rings. The molecule has 0 aromatic heterocycles. The van der Waals surface area contributed by atoms with Gasteiger partial charge in [0, 0.05) is 65.4 Å². The maximum Gasteiger partial charge on any atom is 0.326 e. The van der Waals surface area contributed by atoms with Crippen molar-refractivity contribution in [1.82, 2.24) is 16.0 Å². The van der Waals surface area contributed by atoms with Crippen LogP contribution in [0.1, 0.15) is 189 Å². The van der Waals surface area contributed by atoms with Crippen LogP contribution in [-0.4, -0.2) is 125 Å². The highest BCUT2D eigenvalue weighted by Gasteiger charge is 2.26. The number of carbonyl (C=O) groups is 10. The first-order chi connectivity index (χ1) is 32.4. The summed E-state index contributed by atoms with van der Waals surface area (Å²) in [5.41, 5.74) is 0. The minimum absolute atomic E-state index is 0. The Morgan fingerprint density at radius 3 is 1.41 bits per heavy atom. The highest BCUT2D eigenvalue weighted by molar-refractivity contribution is 5.87. The minimum atomic E-state index is -1.37. The predicted octanol–water partition coefficient (Wildman–Crippen LogP) is 6.45. The standard InChI is InChI=1S/C49H83N3O16.H2/c1-36(37(2)53)19-17-18-28-50-44(57)27-24-42(49(65)66)52-45(58)26-23-39(48(63)64)34-41(55)35-68-32-31-67-30-29-51-43(56)25-22-38(47(61)62)33-40(54)20-15-13-11-9-7-5-3-4-6-8-10-12-14-16-21-46(59)60;/h36,38-39,42H,3-35H2,1-2H3,(H,50,57)(H,51,56)(H,52,58)(H,59,60)(H,61,62)(H,63,64)(H,65,66);1H/t36-,38+,39+,42-;/m0./s1. The van der Waals surface area contributed by atoms with Crippen molar-refractivity contribution in [1.29, 1.82) is 0 Å². The minimum Gasteiger partial charge on any atom is -0.481 e. The van der Waals surface area contributed by atoms with Crippen molar-refractivity contribution in [2.75, 3.05) is 39.5 Å². The number of amides is 3. The van der Waals surface area contributed by atoms with Gasteiger partial charge in [-0.2, -0.15) is 0 Å². The number of hydrogen-bond acceptors (Lipinski definition) is 12. The molecule has 19 heteroatoms. The summed E-state index contributed by atoms with van der Waals surface area (Å²) >= 11 is 0. The van der Waals surface area contributed by atoms with Crippen LogP contribution in [-0.2, 0) is 57.4 Å². The number of carboxylic acid groups (broad SMARTS) is 4. The number of ether oxygens (including phenoxy) is 2. The summed E-state index contributed by atoms with van der Waals surface area (Å²) in [4.78, 5) is 119. The molecule has 3 amide bonds. The van der Waals surface area contributed by atoms with Crippen LogP contribution in [0.4, 0.5) is 0 Å². The molecule has 0 spiro atoms. The number of Topliss-reactive ketones (excluding diaryl/α,β-unsaturated/α-hetero) is 3. The van der Waals surface area contributed by atoms with Crippen LogP contribution in [0.3, 0.4) is 0 Å². The summed E-state index contributed by atoms with van der Waals surface area (Å²) in [7, 11) is 0. The van der Waals surface area contributed by atoms with Crippen molar-refractivity contribution < 1.29 is 79.3 Å². The van der Waals surface area contributed by atoms with Crippen LogP contribution in [0.15, 0.2) is 0 Å². The average Bonchev–Trinajstić information content (AvgIpc) is 3.27. The zero-order chi connectivity index (χ0) is 51.0. The molecule has 0 aliphatic rings. The second kappa shape index (κ2) is 41.2. The Labute approximate surface area is 403 Å². The van der Waals surface area contributed by atoms with Gasteiger partial charge in [0.15, 0.2) is 5.78 Å². The van der Waals surface area contributed by atoms with E-state index in [1.807, 2.05) is 6.92 Å². The number of unbranched alkanes of at least 4 members (excludes halogenated alkanes) is 14. The number of carboxylic acids is 4. The maximum atomic E-state index is 12.5. The molecule has 0 aliphatic heterocycles. The summed E-state index contributed by atoms with van der Waals surface area (Å²) in [5.74, 6) is -8.80. The molecule has 7 N–H and O–H groups in total. The first kappa shape index (κ1) is 63.2. The molecule has 0 bridgehead atoms. The topological polar surface area (TPSA) is 306 Å². The molecule has 0 heterocycles. The van der Waals surface area contributed by atoms with E-state index in [1.165, 1.54) is 39.0 Å². The lowest BCUT2D eigenvalue weighted by Gasteiger charge is -2.16. The molecule has 0 aromatic carbocycles. The zero-order valence-electron chi connectivity index (χ0n) is 40.8. The molecule has 19 nitrogen and oxygen atoms in total. The van der Waals surface area contributed by atoms with Gasteiger partial charge < -0.3 is 45.9 Å². The van der Waals surface area contributed by atoms with Crippen LogP contribution in [0, 0.1) is 17.8 Å². The SMILES string of the molecule is CC(=O)[C@@H](C)CCCCNC(=O)CC[C@H](NC(=O)CC[C@H](CC(=O)COCCOCCNC(=O)CC[C@H](CC(=O)CCCCCCCCCCCCCCCCC(=O)O)C(=O)O)C(=O)O)C(=O)O.[HH]. The Balaban J connectivity index is 0. The third-order valence-corrected chi connectivity index (χ3v) is 11.8. The van der Waals surface area contributed by atoms with Gasteiger partial charge >= 0.3 is 23.9 Å². The molecule has 0 fully saturated rings. The van der Waals surface area contributed by atoms with Crippen LogP contribution < -0.4 is 16.0 Å². The lowest BCUT2D eigenvalue weighted by molar-refractivity contribution is -0.145. The number of ketones is 3. The Morgan fingerprint density at radius 2 is 0.912 bits per heavy atom. The van der Waals surface area contributed by atoms with E-state index in [1.54, 1.807) is 0 Å². The van der Waals surface area contributed by atoms with E-state index in [2.05, 4.69) is 16.0 Å². The van der Waals surface area contributed by atoms with Gasteiger partial charge in [-0.1, -0.05) is 90.4 Å². The third-order valence-electron chi connectivity index (χ3n) is 11.8. The smallest absolute Gasteiger partial charge is 0.326 e. The fraction of sp³-hybridized carbons (Fsp3) is 0.796. The van der Waals surface area contributed by atoms with Crippen molar-refractivity contribution in [3.63, 3.8) is 0 Å². The first-order valence-electron chi connectivity index (χ1n) is 24.8. The molecular formula is C49H85N3O16. The highest BCUT2D eigenvalue weighted by Crippen LogP contribution is 2.18. The summed E-state index contributed by atoms with van der Waals surface area (Å²) in [6, 6.07) is -1.37. The van der Waals surface area contributed by atoms with Crippen LogP contribution >= 0.6 is 0 Å². The second-order valence-electron chi connectivity index (χ2n) is 17.8. The molecule has 68 heavy (non-hydrogen) atoms. The predicted molar refractivity (Wildman–Crippen MR) is 254 cm³/mol. The Bertz CT molecular complexity index is 1530. The van der Waals surface area contributed by atoms with E-state index < -0.39 is 72.4 Å². The van der Waals surface area contributed by atoms with E-state index in [0.29, 0.717) is 32.2 Å². The highest BCUT2D eigenvalue weighted by atomic mass is 16.5. The van der Waals surface area contributed by atoms with Gasteiger partial charge in [-0.3, -0.25) is 43.2 Å². The zero-order valence-corrected chi connectivity index (χ0v) is 40.8. The first-order valence-corrected chi connectivity index (χ1v) is 24.8. The maximum absolute atomic E-state index is 12.5. The number of carbonyl (C=O) groups excluding carboxylic acids is 6. The van der Waals surface area contributed by atoms with Crippen LogP contribution in [0.2, 0.25) is 0 Å². The van der Waals surface area contributed by atoms with E-state index in [0.717, 1.165) is 57.8 Å². The molecule has 0 rings (SSSR count). The van der Waals surface area contributed by atoms with E-state index in [9.17, 15) is 63.3 Å². The van der Waals surface area contributed by atoms with Gasteiger partial charge in [0.2, 0.25) is 17.7 Å². The van der Waals surface area contributed by atoms with Crippen molar-refractivity contribution >= 4 is 58.9 Å². The van der Waals surface area contributed by atoms with Crippen molar-refractivity contribution in [2.45, 2.75) is 193 Å². The van der Waals surface area contributed by atoms with Gasteiger partial charge in [0.1, 0.15) is 24.2 Å².